The number of halogens is 1. The summed E-state index contributed by atoms with van der Waals surface area (Å²) in [7, 11) is -0.531. The average Bonchev–Trinajstić information content (AvgIpc) is 1.57. The van der Waals surface area contributed by atoms with Crippen LogP contribution in [0.1, 0.15) is 35.1 Å². The van der Waals surface area contributed by atoms with Crippen LogP contribution in [0, 0.1) is 0 Å². The maximum absolute atomic E-state index is 6.64. The summed E-state index contributed by atoms with van der Waals surface area (Å²) in [5.41, 5.74) is 22.1. The van der Waals surface area contributed by atoms with Gasteiger partial charge in [0.15, 0.2) is 11.6 Å². The maximum atomic E-state index is 6.64. The van der Waals surface area contributed by atoms with Gasteiger partial charge in [-0.3, -0.25) is 0 Å². The highest BCUT2D eigenvalue weighted by atomic mass is 79.9. The minimum atomic E-state index is -0.531. The zero-order valence-corrected chi connectivity index (χ0v) is 62.9. The Morgan fingerprint density at radius 3 is 1.03 bits per heavy atom. The summed E-state index contributed by atoms with van der Waals surface area (Å²) < 4.78 is 31.8. The van der Waals surface area contributed by atoms with Crippen molar-refractivity contribution in [1.82, 2.24) is 29.1 Å². The van der Waals surface area contributed by atoms with Crippen LogP contribution in [0.2, 0.25) is 0 Å². The molecule has 0 spiro atoms. The van der Waals surface area contributed by atoms with E-state index in [-0.39, 0.29) is 15.8 Å². The van der Waals surface area contributed by atoms with Gasteiger partial charge < -0.3 is 27.3 Å². The molecule has 1 aliphatic rings. The van der Waals surface area contributed by atoms with E-state index < -0.39 is 18.3 Å². The van der Waals surface area contributed by atoms with Crippen molar-refractivity contribution in [3.63, 3.8) is 0 Å². The Labute approximate surface area is 660 Å². The summed E-state index contributed by atoms with van der Waals surface area (Å²) in [6.07, 6.45) is 0. The van der Waals surface area contributed by atoms with E-state index in [0.29, 0.717) is 5.82 Å². The van der Waals surface area contributed by atoms with Crippen LogP contribution in [0.4, 0.5) is 0 Å². The van der Waals surface area contributed by atoms with Crippen molar-refractivity contribution in [3.05, 3.63) is 356 Å². The zero-order chi connectivity index (χ0) is 74.0. The Kier molecular flexibility index (Phi) is 19.1. The number of aromatic nitrogens is 6. The molecular formula is C99H74B2BrN6O4. The van der Waals surface area contributed by atoms with Gasteiger partial charge in [0.1, 0.15) is 22.3 Å². The number of hydrogen-bond donors (Lipinski definition) is 0. The molecule has 1 fully saturated rings. The standard InChI is InChI=1S/C46H29N3O.C30H26BNO3.C22H15BrN2.CH4.B/c1-3-14-30(15-4-1)40-29-41(31-16-5-2-6-17-31)48-46(47-40)33-19-13-18-32(26-33)38-27-34(28-39-37-22-9-12-25-44(37)50-45(38)39)49-42-23-10-7-20-35(42)36-21-8-11-24-43(36)49;1-29(2)30(3,4)35-31(34-29)24-18-19(17-23-22-13-7-10-16-27(22)33-28(23)24)32-25-14-8-5-11-20(25)21-12-6-9-15-26(21)32;23-19-13-7-12-18(14-19)22-24-20(16-8-3-1-4-9-16)15-21(25-22)17-10-5-2-6-11-17;;/h1-29H;5-18H,1-4H3;1-15H;1H4;. The second kappa shape index (κ2) is 29.8. The summed E-state index contributed by atoms with van der Waals surface area (Å²) in [4.78, 5) is 19.9. The van der Waals surface area contributed by atoms with Crippen LogP contribution in [-0.4, -0.2) is 55.8 Å². The molecule has 6 aromatic heterocycles. The summed E-state index contributed by atoms with van der Waals surface area (Å²) in [5.74, 6) is 1.40. The molecule has 0 atom stereocenters. The van der Waals surface area contributed by atoms with Gasteiger partial charge in [-0.25, -0.2) is 19.9 Å². The molecule has 537 valence electrons. The third kappa shape index (κ3) is 13.2. The number of para-hydroxylation sites is 6. The number of fused-ring (bicyclic) bond motifs is 12. The van der Waals surface area contributed by atoms with Gasteiger partial charge in [-0.2, -0.15) is 0 Å². The van der Waals surface area contributed by atoms with E-state index in [2.05, 4.69) is 277 Å². The lowest BCUT2D eigenvalue weighted by Crippen LogP contribution is -2.41. The summed E-state index contributed by atoms with van der Waals surface area (Å²) in [6.45, 7) is 8.33. The number of rotatable bonds is 10. The first kappa shape index (κ1) is 71.9. The molecule has 21 rings (SSSR count). The number of nitrogens with zero attached hydrogens (tertiary/aromatic N) is 6. The quantitative estimate of drug-likeness (QED) is 0.125. The van der Waals surface area contributed by atoms with Crippen LogP contribution in [0.3, 0.4) is 0 Å². The third-order valence-corrected chi connectivity index (χ3v) is 21.9. The van der Waals surface area contributed by atoms with Gasteiger partial charge in [-0.15, -0.1) is 0 Å². The van der Waals surface area contributed by atoms with E-state index in [1.807, 2.05) is 127 Å². The average molecular weight is 1510 g/mol. The second-order valence-electron chi connectivity index (χ2n) is 28.8. The smallest absolute Gasteiger partial charge is 0.456 e. The molecule has 0 aliphatic carbocycles. The number of benzene rings is 14. The van der Waals surface area contributed by atoms with E-state index in [4.69, 9.17) is 38.1 Å². The first-order valence-corrected chi connectivity index (χ1v) is 37.8. The predicted octanol–water partition coefficient (Wildman–Crippen LogP) is 25.6. The van der Waals surface area contributed by atoms with Crippen molar-refractivity contribution in [2.24, 2.45) is 0 Å². The number of furan rings is 2. The molecule has 1 aliphatic heterocycles. The topological polar surface area (TPSA) is 106 Å². The molecule has 0 amide bonds. The van der Waals surface area contributed by atoms with E-state index in [1.54, 1.807) is 0 Å². The minimum Gasteiger partial charge on any atom is -0.456 e. The van der Waals surface area contributed by atoms with Crippen molar-refractivity contribution in [2.45, 2.75) is 46.3 Å². The molecule has 3 radical (unpaired) electrons. The van der Waals surface area contributed by atoms with Crippen molar-refractivity contribution in [2.75, 3.05) is 0 Å². The predicted molar refractivity (Wildman–Crippen MR) is 468 cm³/mol. The van der Waals surface area contributed by atoms with Crippen molar-refractivity contribution in [1.29, 1.82) is 0 Å². The first-order valence-electron chi connectivity index (χ1n) is 37.0. The van der Waals surface area contributed by atoms with E-state index >= 15 is 0 Å². The van der Waals surface area contributed by atoms with E-state index in [9.17, 15) is 0 Å². The molecule has 0 saturated carbocycles. The summed E-state index contributed by atoms with van der Waals surface area (Å²) in [5, 5.41) is 9.24. The van der Waals surface area contributed by atoms with Crippen molar-refractivity contribution < 1.29 is 18.1 Å². The van der Waals surface area contributed by atoms with Gasteiger partial charge in [0.05, 0.1) is 56.0 Å². The van der Waals surface area contributed by atoms with Crippen molar-refractivity contribution in [3.8, 4) is 90.3 Å². The van der Waals surface area contributed by atoms with Crippen LogP contribution in [0.5, 0.6) is 0 Å². The third-order valence-electron chi connectivity index (χ3n) is 21.4. The Morgan fingerprint density at radius 2 is 0.616 bits per heavy atom. The van der Waals surface area contributed by atoms with Crippen LogP contribution >= 0.6 is 15.9 Å². The lowest BCUT2D eigenvalue weighted by molar-refractivity contribution is 0.00578. The van der Waals surface area contributed by atoms with Crippen LogP contribution in [0.15, 0.2) is 365 Å². The SMILES string of the molecule is Brc1cccc(-c2nc(-c3ccccc3)cc(-c3ccccc3)n2)c1.C.CC1(C)OB(c2cc(-n3c4ccccc4c4ccccc43)cc3c2oc2ccccc23)OC1(C)C.[B].c1ccc(-c2cc(-c3ccccc3)nc(-c3cccc(-c4cc(-n5c6ccccc6c6ccccc65)cc5c4oc4ccccc45)c3)n2)cc1. The largest absolute Gasteiger partial charge is 0.498 e. The molecule has 0 bridgehead atoms. The first-order chi connectivity index (χ1) is 53.9. The van der Waals surface area contributed by atoms with Crippen LogP contribution in [-0.2, 0) is 9.31 Å². The molecule has 10 nitrogen and oxygen atoms in total. The van der Waals surface area contributed by atoms with Gasteiger partial charge in [0, 0.05) is 112 Å². The second-order valence-corrected chi connectivity index (χ2v) is 29.7. The number of hydrogen-bond acceptors (Lipinski definition) is 8. The Hall–Kier alpha value is -13.0. The zero-order valence-electron chi connectivity index (χ0n) is 61.3. The Balaban J connectivity index is 0.000000128. The monoisotopic (exact) mass is 1510 g/mol. The summed E-state index contributed by atoms with van der Waals surface area (Å²) >= 11 is 3.53. The molecule has 13 heteroatoms. The Morgan fingerprint density at radius 1 is 0.295 bits per heavy atom. The van der Waals surface area contributed by atoms with E-state index in [0.717, 1.165) is 138 Å². The fourth-order valence-corrected chi connectivity index (χ4v) is 15.7. The molecule has 0 N–H and O–H groups in total. The lowest BCUT2D eigenvalue weighted by atomic mass is 9.77. The van der Waals surface area contributed by atoms with Gasteiger partial charge in [0.2, 0.25) is 0 Å². The van der Waals surface area contributed by atoms with Crippen LogP contribution < -0.4 is 5.46 Å². The summed E-state index contributed by atoms with van der Waals surface area (Å²) in [6, 6.07) is 122. The fourth-order valence-electron chi connectivity index (χ4n) is 15.3. The lowest BCUT2D eigenvalue weighted by Gasteiger charge is -2.32. The molecule has 112 heavy (non-hydrogen) atoms. The molecule has 0 unspecified atom stereocenters. The molecule has 14 aromatic carbocycles. The normalized spacial score (nSPS) is 13.0. The minimum absolute atomic E-state index is 0. The molecule has 20 aromatic rings. The molecular weight excluding hydrogens is 1440 g/mol. The molecule has 7 heterocycles. The van der Waals surface area contributed by atoms with Gasteiger partial charge in [0.25, 0.3) is 0 Å². The Bertz CT molecular complexity index is 6660. The van der Waals surface area contributed by atoms with Crippen LogP contribution in [0.25, 0.3) is 178 Å². The fraction of sp³-hybridized carbons (Fsp3) is 0.0707. The van der Waals surface area contributed by atoms with Gasteiger partial charge in [-0.1, -0.05) is 284 Å². The van der Waals surface area contributed by atoms with Crippen molar-refractivity contribution >= 4 is 124 Å². The highest BCUT2D eigenvalue weighted by Crippen LogP contribution is 2.44. The maximum Gasteiger partial charge on any atom is 0.498 e. The van der Waals surface area contributed by atoms with E-state index in [1.165, 1.54) is 43.6 Å². The van der Waals surface area contributed by atoms with Gasteiger partial charge in [-0.05, 0) is 124 Å². The highest BCUT2D eigenvalue weighted by molar-refractivity contribution is 9.10. The highest BCUT2D eigenvalue weighted by Gasteiger charge is 2.53. The van der Waals surface area contributed by atoms with Gasteiger partial charge >= 0.3 is 7.12 Å². The molecule has 1 saturated heterocycles.